The third-order valence-corrected chi connectivity index (χ3v) is 6.80. The highest BCUT2D eigenvalue weighted by atomic mass is 32.2. The molecule has 1 aromatic rings. The number of rotatable bonds is 12. The van der Waals surface area contributed by atoms with E-state index in [0.29, 0.717) is 18.3 Å². The zero-order chi connectivity index (χ0) is 20.6. The molecule has 0 bridgehead atoms. The zero-order valence-electron chi connectivity index (χ0n) is 16.9. The topological polar surface area (TPSA) is 91.7 Å². The van der Waals surface area contributed by atoms with Gasteiger partial charge in [0.15, 0.2) is 0 Å². The first-order valence-corrected chi connectivity index (χ1v) is 12.1. The number of carboxylic acids is 1. The van der Waals surface area contributed by atoms with Gasteiger partial charge in [0, 0.05) is 6.42 Å². The van der Waals surface area contributed by atoms with Gasteiger partial charge in [0.05, 0.1) is 4.90 Å². The van der Waals surface area contributed by atoms with Gasteiger partial charge in [0.1, 0.15) is 0 Å². The average molecular weight is 411 g/mol. The van der Waals surface area contributed by atoms with Gasteiger partial charge in [-0.05, 0) is 67.2 Å². The molecule has 0 saturated heterocycles. The molecule has 158 valence electrons. The maximum atomic E-state index is 11.6. The van der Waals surface area contributed by atoms with Crippen LogP contribution in [0.25, 0.3) is 0 Å². The van der Waals surface area contributed by atoms with Crippen molar-refractivity contribution in [3.8, 4) is 0 Å². The second kappa shape index (κ2) is 11.0. The van der Waals surface area contributed by atoms with Crippen molar-refractivity contribution in [1.82, 2.24) is 0 Å². The van der Waals surface area contributed by atoms with Crippen molar-refractivity contribution in [1.29, 1.82) is 0 Å². The zero-order valence-corrected chi connectivity index (χ0v) is 17.7. The van der Waals surface area contributed by atoms with Crippen LogP contribution in [0.1, 0.15) is 107 Å². The number of fused-ring (bicyclic) bond motifs is 1. The first-order valence-electron chi connectivity index (χ1n) is 10.7. The van der Waals surface area contributed by atoms with Crippen LogP contribution >= 0.6 is 0 Å². The van der Waals surface area contributed by atoms with E-state index in [9.17, 15) is 17.8 Å². The van der Waals surface area contributed by atoms with Crippen LogP contribution in [0.4, 0.5) is 0 Å². The monoisotopic (exact) mass is 410 g/mol. The maximum absolute atomic E-state index is 11.6. The number of aliphatic carboxylic acids is 1. The van der Waals surface area contributed by atoms with E-state index in [1.54, 1.807) is 6.07 Å². The molecular formula is C22H34O5S. The van der Waals surface area contributed by atoms with Crippen LogP contribution in [0.3, 0.4) is 0 Å². The van der Waals surface area contributed by atoms with Crippen molar-refractivity contribution in [2.75, 3.05) is 0 Å². The van der Waals surface area contributed by atoms with Crippen molar-refractivity contribution < 1.29 is 22.9 Å². The Labute approximate surface area is 169 Å². The number of carbonyl (C=O) groups is 1. The predicted molar refractivity (Wildman–Crippen MR) is 110 cm³/mol. The molecule has 2 N–H and O–H groups in total. The minimum Gasteiger partial charge on any atom is -0.481 e. The summed E-state index contributed by atoms with van der Waals surface area (Å²) < 4.78 is 32.7. The molecule has 1 aliphatic rings. The normalized spacial score (nSPS) is 19.4. The highest BCUT2D eigenvalue weighted by Crippen LogP contribution is 2.44. The molecule has 5 nitrogen and oxygen atoms in total. The molecule has 1 aromatic carbocycles. The third-order valence-electron chi connectivity index (χ3n) is 5.95. The number of carboxylic acid groups (broad SMARTS) is 1. The molecule has 0 amide bonds. The summed E-state index contributed by atoms with van der Waals surface area (Å²) in [6, 6.07) is 5.09. The smallest absolute Gasteiger partial charge is 0.303 e. The Hall–Kier alpha value is -1.40. The van der Waals surface area contributed by atoms with Gasteiger partial charge in [-0.15, -0.1) is 0 Å². The Bertz CT molecular complexity index is 741. The molecule has 0 spiro atoms. The fourth-order valence-corrected chi connectivity index (χ4v) is 4.93. The summed E-state index contributed by atoms with van der Waals surface area (Å²) in [6.45, 7) is 2.19. The Balaban J connectivity index is 2.09. The van der Waals surface area contributed by atoms with Crippen molar-refractivity contribution >= 4 is 16.1 Å². The van der Waals surface area contributed by atoms with E-state index in [1.807, 2.05) is 6.07 Å². The molecular weight excluding hydrogens is 376 g/mol. The first kappa shape index (κ1) is 22.9. The van der Waals surface area contributed by atoms with Crippen molar-refractivity contribution in [3.05, 3.63) is 29.3 Å². The lowest BCUT2D eigenvalue weighted by molar-refractivity contribution is -0.137. The second-order valence-electron chi connectivity index (χ2n) is 8.08. The van der Waals surface area contributed by atoms with Gasteiger partial charge < -0.3 is 5.11 Å². The van der Waals surface area contributed by atoms with Crippen molar-refractivity contribution in [2.45, 2.75) is 101 Å². The lowest BCUT2D eigenvalue weighted by Crippen LogP contribution is -2.16. The lowest BCUT2D eigenvalue weighted by atomic mass is 9.73. The third kappa shape index (κ3) is 6.89. The average Bonchev–Trinajstić information content (AvgIpc) is 2.64. The molecule has 2 rings (SSSR count). The summed E-state index contributed by atoms with van der Waals surface area (Å²) in [6.07, 6.45) is 11.8. The molecule has 2 unspecified atom stereocenters. The summed E-state index contributed by atoms with van der Waals surface area (Å²) in [5, 5.41) is 8.75. The van der Waals surface area contributed by atoms with Crippen LogP contribution in [0.15, 0.2) is 23.1 Å². The van der Waals surface area contributed by atoms with Crippen LogP contribution in [-0.2, 0) is 14.9 Å². The fourth-order valence-electron chi connectivity index (χ4n) is 4.41. The molecule has 2 atom stereocenters. The summed E-state index contributed by atoms with van der Waals surface area (Å²) in [5.41, 5.74) is 2.31. The highest BCUT2D eigenvalue weighted by molar-refractivity contribution is 7.85. The van der Waals surface area contributed by atoms with Gasteiger partial charge in [0.2, 0.25) is 0 Å². The van der Waals surface area contributed by atoms with Gasteiger partial charge in [-0.1, -0.05) is 51.5 Å². The highest BCUT2D eigenvalue weighted by Gasteiger charge is 2.28. The number of hydrogen-bond donors (Lipinski definition) is 2. The van der Waals surface area contributed by atoms with Crippen LogP contribution in [0.5, 0.6) is 0 Å². The first-order chi connectivity index (χ1) is 13.3. The molecule has 0 heterocycles. The molecule has 28 heavy (non-hydrogen) atoms. The molecule has 0 aliphatic heterocycles. The molecule has 0 fully saturated rings. The summed E-state index contributed by atoms with van der Waals surface area (Å²) in [4.78, 5) is 10.6. The van der Waals surface area contributed by atoms with Crippen molar-refractivity contribution in [3.63, 3.8) is 0 Å². The minimum absolute atomic E-state index is 0.00748. The number of benzene rings is 1. The summed E-state index contributed by atoms with van der Waals surface area (Å²) >= 11 is 0. The quantitative estimate of drug-likeness (QED) is 0.331. The van der Waals surface area contributed by atoms with E-state index in [2.05, 4.69) is 6.92 Å². The Morgan fingerprint density at radius 1 is 0.964 bits per heavy atom. The van der Waals surface area contributed by atoms with Crippen molar-refractivity contribution in [2.24, 2.45) is 0 Å². The maximum Gasteiger partial charge on any atom is 0.303 e. The Morgan fingerprint density at radius 3 is 2.14 bits per heavy atom. The molecule has 0 saturated carbocycles. The van der Waals surface area contributed by atoms with E-state index < -0.39 is 16.1 Å². The molecule has 0 aromatic heterocycles. The van der Waals surface area contributed by atoms with Gasteiger partial charge in [0.25, 0.3) is 10.1 Å². The van der Waals surface area contributed by atoms with E-state index in [0.717, 1.165) is 50.5 Å². The van der Waals surface area contributed by atoms with E-state index >= 15 is 0 Å². The molecule has 1 aliphatic carbocycles. The van der Waals surface area contributed by atoms with Gasteiger partial charge in [-0.25, -0.2) is 0 Å². The van der Waals surface area contributed by atoms with E-state index in [-0.39, 0.29) is 11.3 Å². The Kier molecular flexibility index (Phi) is 8.96. The largest absolute Gasteiger partial charge is 0.481 e. The predicted octanol–water partition coefficient (Wildman–Crippen LogP) is 5.90. The summed E-state index contributed by atoms with van der Waals surface area (Å²) in [7, 11) is -4.19. The molecule has 0 radical (unpaired) electrons. The van der Waals surface area contributed by atoms with Crippen LogP contribution in [-0.4, -0.2) is 24.0 Å². The lowest BCUT2D eigenvalue weighted by Gasteiger charge is -2.32. The summed E-state index contributed by atoms with van der Waals surface area (Å²) in [5.74, 6) is 0.00523. The van der Waals surface area contributed by atoms with Gasteiger partial charge in [-0.2, -0.15) is 8.42 Å². The number of hydrogen-bond acceptors (Lipinski definition) is 3. The van der Waals surface area contributed by atoms with Crippen LogP contribution in [0, 0.1) is 0 Å². The standard InChI is InChI=1S/C22H34O5S/c1-2-3-4-6-10-18-13-12-17(9-7-5-8-11-22(23)24)20-15-14-19(16-21(18)20)28(25,26)27/h14-18H,2-13H2,1H3,(H,23,24)(H,25,26,27). The van der Waals surface area contributed by atoms with Crippen LogP contribution < -0.4 is 0 Å². The Morgan fingerprint density at radius 2 is 1.57 bits per heavy atom. The van der Waals surface area contributed by atoms with E-state index in [4.69, 9.17) is 5.11 Å². The molecule has 6 heteroatoms. The van der Waals surface area contributed by atoms with E-state index in [1.165, 1.54) is 30.9 Å². The second-order valence-corrected chi connectivity index (χ2v) is 9.50. The van der Waals surface area contributed by atoms with Gasteiger partial charge >= 0.3 is 5.97 Å². The van der Waals surface area contributed by atoms with Gasteiger partial charge in [-0.3, -0.25) is 9.35 Å². The van der Waals surface area contributed by atoms with Crippen LogP contribution in [0.2, 0.25) is 0 Å². The number of unbranched alkanes of at least 4 members (excludes halogenated alkanes) is 5. The minimum atomic E-state index is -4.19. The fraction of sp³-hybridized carbons (Fsp3) is 0.682. The SMILES string of the molecule is CCCCCCC1CCC(CCCCCC(=O)O)c2ccc(S(=O)(=O)O)cc21.